The first kappa shape index (κ1) is 17.2. The van der Waals surface area contributed by atoms with Gasteiger partial charge in [0, 0.05) is 43.8 Å². The van der Waals surface area contributed by atoms with E-state index >= 15 is 0 Å². The first-order chi connectivity index (χ1) is 12.0. The van der Waals surface area contributed by atoms with Crippen LogP contribution < -0.4 is 15.5 Å². The Kier molecular flexibility index (Phi) is 5.14. The van der Waals surface area contributed by atoms with Gasteiger partial charge in [-0.15, -0.1) is 0 Å². The van der Waals surface area contributed by atoms with Crippen LogP contribution in [0, 0.1) is 12.8 Å². The fraction of sp³-hybridized carbons (Fsp3) is 0.389. The molecule has 0 spiro atoms. The van der Waals surface area contributed by atoms with Crippen molar-refractivity contribution in [1.82, 2.24) is 9.97 Å². The second-order valence-electron chi connectivity index (χ2n) is 6.34. The molecule has 7 nitrogen and oxygen atoms in total. The molecule has 0 saturated carbocycles. The molecule has 2 aromatic rings. The molecule has 1 fully saturated rings. The summed E-state index contributed by atoms with van der Waals surface area (Å²) >= 11 is 0. The summed E-state index contributed by atoms with van der Waals surface area (Å²) in [4.78, 5) is 22.9. The van der Waals surface area contributed by atoms with E-state index in [-0.39, 0.29) is 11.8 Å². The Balaban J connectivity index is 1.65. The molecule has 1 amide bonds. The van der Waals surface area contributed by atoms with Gasteiger partial charge in [-0.1, -0.05) is 0 Å². The van der Waals surface area contributed by atoms with Gasteiger partial charge >= 0.3 is 0 Å². The van der Waals surface area contributed by atoms with Crippen LogP contribution in [0.15, 0.2) is 30.3 Å². The van der Waals surface area contributed by atoms with Gasteiger partial charge in [0.15, 0.2) is 0 Å². The summed E-state index contributed by atoms with van der Waals surface area (Å²) in [6.45, 7) is 3.10. The number of aryl methyl sites for hydroxylation is 1. The minimum atomic E-state index is -0.0528. The Morgan fingerprint density at radius 3 is 2.56 bits per heavy atom. The number of anilines is 4. The largest absolute Gasteiger partial charge is 0.381 e. The standard InChI is InChI=1S/C18H23N5O2/c1-12-10-16(23(2)3)22-18(19-12)21-15-6-4-14(5-7-15)20-17(24)13-8-9-25-11-13/h4-7,10,13H,8-9,11H2,1-3H3,(H,20,24)(H,19,21,22)/t13-/m0/s1. The highest BCUT2D eigenvalue weighted by atomic mass is 16.5. The maximum Gasteiger partial charge on any atom is 0.229 e. The Morgan fingerprint density at radius 2 is 1.92 bits per heavy atom. The monoisotopic (exact) mass is 341 g/mol. The summed E-state index contributed by atoms with van der Waals surface area (Å²) in [5, 5.41) is 6.12. The molecule has 3 rings (SSSR count). The Hall–Kier alpha value is -2.67. The van der Waals surface area contributed by atoms with Gasteiger partial charge in [0.05, 0.1) is 12.5 Å². The van der Waals surface area contributed by atoms with Gasteiger partial charge in [0.1, 0.15) is 5.82 Å². The molecular weight excluding hydrogens is 318 g/mol. The Morgan fingerprint density at radius 1 is 1.20 bits per heavy atom. The van der Waals surface area contributed by atoms with E-state index in [2.05, 4.69) is 20.6 Å². The molecule has 1 atom stereocenters. The first-order valence-electron chi connectivity index (χ1n) is 8.30. The van der Waals surface area contributed by atoms with E-state index in [0.717, 1.165) is 29.3 Å². The molecule has 0 bridgehead atoms. The van der Waals surface area contributed by atoms with Crippen LogP contribution in [0.4, 0.5) is 23.1 Å². The lowest BCUT2D eigenvalue weighted by Gasteiger charge is -2.14. The minimum absolute atomic E-state index is 0.0100. The molecule has 1 aromatic heterocycles. The SMILES string of the molecule is Cc1cc(N(C)C)nc(Nc2ccc(NC(=O)[C@H]3CCOC3)cc2)n1. The summed E-state index contributed by atoms with van der Waals surface area (Å²) in [5.41, 5.74) is 2.52. The van der Waals surface area contributed by atoms with Gasteiger partial charge in [-0.25, -0.2) is 4.98 Å². The van der Waals surface area contributed by atoms with Gasteiger partial charge in [0.25, 0.3) is 0 Å². The fourth-order valence-electron chi connectivity index (χ4n) is 2.59. The lowest BCUT2D eigenvalue weighted by molar-refractivity contribution is -0.119. The van der Waals surface area contributed by atoms with Gasteiger partial charge in [-0.05, 0) is 37.6 Å². The smallest absolute Gasteiger partial charge is 0.229 e. The highest BCUT2D eigenvalue weighted by molar-refractivity contribution is 5.93. The van der Waals surface area contributed by atoms with Crippen LogP contribution in [-0.2, 0) is 9.53 Å². The van der Waals surface area contributed by atoms with E-state index in [1.807, 2.05) is 56.3 Å². The predicted octanol–water partition coefficient (Wildman–Crippen LogP) is 2.57. The molecule has 1 aliphatic heterocycles. The van der Waals surface area contributed by atoms with Crippen molar-refractivity contribution in [3.8, 4) is 0 Å². The number of carbonyl (C=O) groups excluding carboxylic acids is 1. The number of carbonyl (C=O) groups is 1. The normalized spacial score (nSPS) is 16.5. The summed E-state index contributed by atoms with van der Waals surface area (Å²) in [6, 6.07) is 9.43. The van der Waals surface area contributed by atoms with Crippen molar-refractivity contribution in [2.45, 2.75) is 13.3 Å². The second kappa shape index (κ2) is 7.48. The lowest BCUT2D eigenvalue weighted by atomic mass is 10.1. The van der Waals surface area contributed by atoms with E-state index < -0.39 is 0 Å². The average Bonchev–Trinajstić information content (AvgIpc) is 3.11. The second-order valence-corrected chi connectivity index (χ2v) is 6.34. The number of ether oxygens (including phenoxy) is 1. The highest BCUT2D eigenvalue weighted by Gasteiger charge is 2.23. The zero-order valence-corrected chi connectivity index (χ0v) is 14.7. The Labute approximate surface area is 147 Å². The number of hydrogen-bond donors (Lipinski definition) is 2. The summed E-state index contributed by atoms with van der Waals surface area (Å²) in [7, 11) is 3.89. The van der Waals surface area contributed by atoms with Gasteiger partial charge < -0.3 is 20.3 Å². The topological polar surface area (TPSA) is 79.4 Å². The van der Waals surface area contributed by atoms with E-state index in [4.69, 9.17) is 4.74 Å². The molecule has 1 aromatic carbocycles. The van der Waals surface area contributed by atoms with Crippen molar-refractivity contribution in [3.05, 3.63) is 36.0 Å². The molecule has 0 unspecified atom stereocenters. The van der Waals surface area contributed by atoms with E-state index in [1.54, 1.807) is 0 Å². The highest BCUT2D eigenvalue weighted by Crippen LogP contribution is 2.20. The van der Waals surface area contributed by atoms with Crippen LogP contribution in [0.25, 0.3) is 0 Å². The van der Waals surface area contributed by atoms with Crippen molar-refractivity contribution in [2.24, 2.45) is 5.92 Å². The van der Waals surface area contributed by atoms with Crippen LogP contribution in [0.2, 0.25) is 0 Å². The number of hydrogen-bond acceptors (Lipinski definition) is 6. The number of rotatable bonds is 5. The van der Waals surface area contributed by atoms with Crippen LogP contribution >= 0.6 is 0 Å². The number of aromatic nitrogens is 2. The summed E-state index contributed by atoms with van der Waals surface area (Å²) in [5.74, 6) is 1.35. The molecule has 1 saturated heterocycles. The minimum Gasteiger partial charge on any atom is -0.381 e. The maximum absolute atomic E-state index is 12.1. The number of amides is 1. The third kappa shape index (κ3) is 4.45. The van der Waals surface area contributed by atoms with Crippen molar-refractivity contribution in [1.29, 1.82) is 0 Å². The molecule has 25 heavy (non-hydrogen) atoms. The molecule has 132 valence electrons. The molecule has 2 heterocycles. The van der Waals surface area contributed by atoms with Gasteiger partial charge in [0.2, 0.25) is 11.9 Å². The predicted molar refractivity (Wildman–Crippen MR) is 98.4 cm³/mol. The third-order valence-corrected chi connectivity index (χ3v) is 4.01. The first-order valence-corrected chi connectivity index (χ1v) is 8.30. The van der Waals surface area contributed by atoms with E-state index in [1.165, 1.54) is 0 Å². The van der Waals surface area contributed by atoms with Gasteiger partial charge in [-0.2, -0.15) is 4.98 Å². The van der Waals surface area contributed by atoms with Crippen LogP contribution in [0.5, 0.6) is 0 Å². The van der Waals surface area contributed by atoms with Crippen molar-refractivity contribution in [2.75, 3.05) is 42.8 Å². The lowest BCUT2D eigenvalue weighted by Crippen LogP contribution is -2.22. The summed E-state index contributed by atoms with van der Waals surface area (Å²) in [6.07, 6.45) is 0.782. The molecule has 1 aliphatic rings. The molecule has 0 aliphatic carbocycles. The third-order valence-electron chi connectivity index (χ3n) is 4.01. The average molecular weight is 341 g/mol. The maximum atomic E-state index is 12.1. The van der Waals surface area contributed by atoms with Crippen LogP contribution in [0.3, 0.4) is 0 Å². The van der Waals surface area contributed by atoms with Crippen molar-refractivity contribution < 1.29 is 9.53 Å². The molecule has 2 N–H and O–H groups in total. The molecule has 7 heteroatoms. The van der Waals surface area contributed by atoms with E-state index in [9.17, 15) is 4.79 Å². The zero-order chi connectivity index (χ0) is 17.8. The van der Waals surface area contributed by atoms with Crippen LogP contribution in [-0.4, -0.2) is 43.2 Å². The van der Waals surface area contributed by atoms with Crippen molar-refractivity contribution in [3.63, 3.8) is 0 Å². The molecule has 0 radical (unpaired) electrons. The fourth-order valence-corrected chi connectivity index (χ4v) is 2.59. The quantitative estimate of drug-likeness (QED) is 0.870. The van der Waals surface area contributed by atoms with Crippen molar-refractivity contribution >= 4 is 29.0 Å². The Bertz CT molecular complexity index is 740. The zero-order valence-electron chi connectivity index (χ0n) is 14.7. The number of nitrogens with zero attached hydrogens (tertiary/aromatic N) is 3. The van der Waals surface area contributed by atoms with Crippen LogP contribution in [0.1, 0.15) is 12.1 Å². The molecular formula is C18H23N5O2. The number of benzene rings is 1. The summed E-state index contributed by atoms with van der Waals surface area (Å²) < 4.78 is 5.25. The number of nitrogens with one attached hydrogen (secondary N) is 2. The van der Waals surface area contributed by atoms with Gasteiger partial charge in [-0.3, -0.25) is 4.79 Å². The van der Waals surface area contributed by atoms with E-state index in [0.29, 0.717) is 19.2 Å².